The van der Waals surface area contributed by atoms with Gasteiger partial charge in [-0.3, -0.25) is 4.90 Å². The first kappa shape index (κ1) is 15.8. The van der Waals surface area contributed by atoms with Gasteiger partial charge in [0, 0.05) is 11.1 Å². The average Bonchev–Trinajstić information content (AvgIpc) is 2.62. The van der Waals surface area contributed by atoms with Crippen LogP contribution in [0.2, 0.25) is 5.02 Å². The molecule has 20 heavy (non-hydrogen) atoms. The monoisotopic (exact) mass is 294 g/mol. The fraction of sp³-hybridized carbons (Fsp3) is 0.647. The van der Waals surface area contributed by atoms with Gasteiger partial charge < -0.3 is 5.32 Å². The lowest BCUT2D eigenvalue weighted by atomic mass is 9.89. The summed E-state index contributed by atoms with van der Waals surface area (Å²) in [7, 11) is 2.06. The normalized spacial score (nSPS) is 24.6. The molecule has 2 nitrogen and oxygen atoms in total. The van der Waals surface area contributed by atoms with Crippen molar-refractivity contribution in [2.45, 2.75) is 38.6 Å². The molecule has 2 rings (SSSR count). The zero-order valence-electron chi connectivity index (χ0n) is 12.7. The van der Waals surface area contributed by atoms with Crippen LogP contribution < -0.4 is 5.32 Å². The second-order valence-electron chi connectivity index (χ2n) is 5.85. The van der Waals surface area contributed by atoms with Gasteiger partial charge in [0.1, 0.15) is 0 Å². The van der Waals surface area contributed by atoms with Gasteiger partial charge in [-0.05, 0) is 69.6 Å². The predicted molar refractivity (Wildman–Crippen MR) is 87.3 cm³/mol. The zero-order valence-corrected chi connectivity index (χ0v) is 13.5. The van der Waals surface area contributed by atoms with Crippen molar-refractivity contribution in [1.29, 1.82) is 0 Å². The maximum absolute atomic E-state index is 6.22. The van der Waals surface area contributed by atoms with Crippen LogP contribution in [0.15, 0.2) is 24.3 Å². The Labute approximate surface area is 128 Å². The highest BCUT2D eigenvalue weighted by molar-refractivity contribution is 6.30. The van der Waals surface area contributed by atoms with Gasteiger partial charge in [0.05, 0.1) is 0 Å². The number of benzene rings is 1. The number of hydrogen-bond acceptors (Lipinski definition) is 2. The second-order valence-corrected chi connectivity index (χ2v) is 6.29. The summed E-state index contributed by atoms with van der Waals surface area (Å²) in [5.74, 6) is 0.674. The van der Waals surface area contributed by atoms with E-state index in [9.17, 15) is 0 Å². The van der Waals surface area contributed by atoms with Crippen molar-refractivity contribution in [3.63, 3.8) is 0 Å². The van der Waals surface area contributed by atoms with Gasteiger partial charge in [-0.1, -0.05) is 37.1 Å². The van der Waals surface area contributed by atoms with Crippen molar-refractivity contribution in [3.8, 4) is 0 Å². The van der Waals surface area contributed by atoms with Crippen molar-refractivity contribution in [2.24, 2.45) is 5.92 Å². The number of nitrogens with one attached hydrogen (secondary N) is 1. The summed E-state index contributed by atoms with van der Waals surface area (Å²) in [6, 6.07) is 8.96. The van der Waals surface area contributed by atoms with E-state index in [1.165, 1.54) is 44.3 Å². The minimum atomic E-state index is 0.503. The molecule has 0 amide bonds. The summed E-state index contributed by atoms with van der Waals surface area (Å²) in [5, 5.41) is 4.24. The van der Waals surface area contributed by atoms with Gasteiger partial charge in [-0.2, -0.15) is 0 Å². The van der Waals surface area contributed by atoms with E-state index in [4.69, 9.17) is 11.6 Å². The molecule has 1 N–H and O–H groups in total. The van der Waals surface area contributed by atoms with Gasteiger partial charge in [-0.25, -0.2) is 0 Å². The van der Waals surface area contributed by atoms with E-state index in [0.29, 0.717) is 12.0 Å². The van der Waals surface area contributed by atoms with Crippen molar-refractivity contribution >= 4 is 11.6 Å². The first-order valence-corrected chi connectivity index (χ1v) is 8.28. The van der Waals surface area contributed by atoms with Crippen LogP contribution in [-0.2, 0) is 0 Å². The summed E-state index contributed by atoms with van der Waals surface area (Å²) in [5.41, 5.74) is 1.38. The highest BCUT2D eigenvalue weighted by atomic mass is 35.5. The largest absolute Gasteiger partial charge is 0.319 e. The first-order valence-electron chi connectivity index (χ1n) is 7.90. The zero-order chi connectivity index (χ0) is 14.4. The van der Waals surface area contributed by atoms with Crippen LogP contribution in [0.25, 0.3) is 0 Å². The molecule has 1 fully saturated rings. The van der Waals surface area contributed by atoms with E-state index >= 15 is 0 Å². The number of halogens is 1. The van der Waals surface area contributed by atoms with Crippen LogP contribution in [-0.4, -0.2) is 31.6 Å². The third-order valence-electron chi connectivity index (χ3n) is 4.28. The van der Waals surface area contributed by atoms with Crippen LogP contribution in [0.1, 0.15) is 44.2 Å². The van der Waals surface area contributed by atoms with Crippen LogP contribution in [0.4, 0.5) is 0 Å². The maximum atomic E-state index is 6.22. The topological polar surface area (TPSA) is 15.3 Å². The molecule has 1 aromatic carbocycles. The first-order chi connectivity index (χ1) is 9.76. The van der Waals surface area contributed by atoms with Crippen LogP contribution in [0.5, 0.6) is 0 Å². The summed E-state index contributed by atoms with van der Waals surface area (Å²) >= 11 is 6.22. The molecule has 0 aliphatic carbocycles. The molecule has 0 aromatic heterocycles. The molecule has 1 heterocycles. The molecule has 1 aromatic rings. The molecule has 0 spiro atoms. The Morgan fingerprint density at radius 2 is 2.20 bits per heavy atom. The Hall–Kier alpha value is -0.570. The van der Waals surface area contributed by atoms with Crippen molar-refractivity contribution in [2.75, 3.05) is 26.7 Å². The van der Waals surface area contributed by atoms with Gasteiger partial charge in [0.15, 0.2) is 0 Å². The Balaban J connectivity index is 2.30. The number of hydrogen-bond donors (Lipinski definition) is 1. The van der Waals surface area contributed by atoms with E-state index in [0.717, 1.165) is 11.6 Å². The minimum absolute atomic E-state index is 0.503. The lowest BCUT2D eigenvalue weighted by Gasteiger charge is -2.35. The lowest BCUT2D eigenvalue weighted by Crippen LogP contribution is -2.36. The highest BCUT2D eigenvalue weighted by Crippen LogP contribution is 2.35. The summed E-state index contributed by atoms with van der Waals surface area (Å²) in [6.45, 7) is 5.74. The predicted octanol–water partition coefficient (Wildman–Crippen LogP) is 4.11. The molecule has 0 radical (unpaired) electrons. The molecule has 2 atom stereocenters. The van der Waals surface area contributed by atoms with Crippen LogP contribution >= 0.6 is 11.6 Å². The fourth-order valence-electron chi connectivity index (χ4n) is 3.50. The third kappa shape index (κ3) is 3.97. The quantitative estimate of drug-likeness (QED) is 0.879. The Kier molecular flexibility index (Phi) is 6.34. The Morgan fingerprint density at radius 1 is 1.35 bits per heavy atom. The van der Waals surface area contributed by atoms with Crippen molar-refractivity contribution in [3.05, 3.63) is 34.9 Å². The SMILES string of the molecule is CCCN1CCCCC(CNC)C1c1cccc(Cl)c1. The smallest absolute Gasteiger partial charge is 0.0409 e. The number of rotatable bonds is 5. The van der Waals surface area contributed by atoms with Crippen LogP contribution in [0.3, 0.4) is 0 Å². The molecular formula is C17H27ClN2. The van der Waals surface area contributed by atoms with Gasteiger partial charge in [0.2, 0.25) is 0 Å². The average molecular weight is 295 g/mol. The Bertz CT molecular complexity index is 392. The van der Waals surface area contributed by atoms with E-state index in [1.807, 2.05) is 6.07 Å². The van der Waals surface area contributed by atoms with E-state index in [2.05, 4.69) is 42.4 Å². The number of nitrogens with zero attached hydrogens (tertiary/aromatic N) is 1. The van der Waals surface area contributed by atoms with Gasteiger partial charge >= 0.3 is 0 Å². The van der Waals surface area contributed by atoms with E-state index in [1.54, 1.807) is 0 Å². The third-order valence-corrected chi connectivity index (χ3v) is 4.51. The van der Waals surface area contributed by atoms with Gasteiger partial charge in [0.25, 0.3) is 0 Å². The van der Waals surface area contributed by atoms with E-state index in [-0.39, 0.29) is 0 Å². The standard InChI is InChI=1S/C17H27ClN2/c1-3-10-20-11-5-4-7-15(13-19-2)17(20)14-8-6-9-16(18)12-14/h6,8-9,12,15,17,19H,3-5,7,10-11,13H2,1-2H3. The fourth-order valence-corrected chi connectivity index (χ4v) is 3.70. The molecule has 2 unspecified atom stereocenters. The van der Waals surface area contributed by atoms with Crippen LogP contribution in [0, 0.1) is 5.92 Å². The maximum Gasteiger partial charge on any atom is 0.0409 e. The van der Waals surface area contributed by atoms with Gasteiger partial charge in [-0.15, -0.1) is 0 Å². The molecule has 1 aliphatic heterocycles. The summed E-state index contributed by atoms with van der Waals surface area (Å²) in [4.78, 5) is 2.67. The number of likely N-dealkylation sites (tertiary alicyclic amines) is 1. The highest BCUT2D eigenvalue weighted by Gasteiger charge is 2.30. The molecule has 3 heteroatoms. The van der Waals surface area contributed by atoms with Crippen molar-refractivity contribution in [1.82, 2.24) is 10.2 Å². The summed E-state index contributed by atoms with van der Waals surface area (Å²) in [6.07, 6.45) is 5.17. The van der Waals surface area contributed by atoms with E-state index < -0.39 is 0 Å². The molecule has 0 bridgehead atoms. The summed E-state index contributed by atoms with van der Waals surface area (Å²) < 4.78 is 0. The second kappa shape index (κ2) is 8.02. The molecule has 0 saturated carbocycles. The molecule has 1 saturated heterocycles. The molecule has 112 valence electrons. The molecule has 1 aliphatic rings. The lowest BCUT2D eigenvalue weighted by molar-refractivity contribution is 0.154. The molecular weight excluding hydrogens is 268 g/mol. The van der Waals surface area contributed by atoms with Crippen molar-refractivity contribution < 1.29 is 0 Å². The minimum Gasteiger partial charge on any atom is -0.319 e. The Morgan fingerprint density at radius 3 is 2.90 bits per heavy atom.